The van der Waals surface area contributed by atoms with Crippen LogP contribution >= 0.6 is 22.6 Å². The Labute approximate surface area is 84.4 Å². The average Bonchev–Trinajstić information content (AvgIpc) is 2.28. The minimum Gasteiger partial charge on any atom is -0.323 e. The standard InChI is InChI=1S/C7H5BIN3/c8-4-1-2-6-5(3-4)7(9)11-12(6)10/h1-3H,10H2. The van der Waals surface area contributed by atoms with Crippen molar-refractivity contribution >= 4 is 46.8 Å². The molecule has 0 aliphatic heterocycles. The first-order valence-corrected chi connectivity index (χ1v) is 4.45. The molecule has 0 saturated heterocycles. The van der Waals surface area contributed by atoms with Gasteiger partial charge in [0.1, 0.15) is 11.5 Å². The van der Waals surface area contributed by atoms with Crippen molar-refractivity contribution in [2.45, 2.75) is 0 Å². The van der Waals surface area contributed by atoms with E-state index in [2.05, 4.69) is 27.7 Å². The molecule has 0 unspecified atom stereocenters. The van der Waals surface area contributed by atoms with Crippen molar-refractivity contribution in [1.82, 2.24) is 9.89 Å². The first kappa shape index (κ1) is 7.91. The highest BCUT2D eigenvalue weighted by Crippen LogP contribution is 2.16. The summed E-state index contributed by atoms with van der Waals surface area (Å²) in [5.74, 6) is 5.59. The van der Waals surface area contributed by atoms with Crippen LogP contribution in [-0.2, 0) is 0 Å². The molecule has 0 saturated carbocycles. The first-order chi connectivity index (χ1) is 5.68. The monoisotopic (exact) mass is 269 g/mol. The molecule has 12 heavy (non-hydrogen) atoms. The number of benzene rings is 1. The molecule has 0 amide bonds. The number of fused-ring (bicyclic) bond motifs is 1. The molecule has 2 aromatic rings. The third-order valence-corrected chi connectivity index (χ3v) is 2.48. The van der Waals surface area contributed by atoms with E-state index in [1.165, 1.54) is 4.79 Å². The maximum Gasteiger partial charge on any atom is 0.133 e. The van der Waals surface area contributed by atoms with Gasteiger partial charge in [-0.05, 0) is 28.7 Å². The molecule has 0 fully saturated rings. The lowest BCUT2D eigenvalue weighted by Gasteiger charge is -1.94. The number of hydrogen-bond donors (Lipinski definition) is 1. The maximum absolute atomic E-state index is 5.62. The lowest BCUT2D eigenvalue weighted by Crippen LogP contribution is -2.10. The normalized spacial score (nSPS) is 10.8. The minimum absolute atomic E-state index is 0.730. The maximum atomic E-state index is 5.62. The fourth-order valence-electron chi connectivity index (χ4n) is 1.12. The van der Waals surface area contributed by atoms with Crippen LogP contribution in [0.5, 0.6) is 0 Å². The Balaban J connectivity index is 2.90. The van der Waals surface area contributed by atoms with E-state index in [0.29, 0.717) is 0 Å². The van der Waals surface area contributed by atoms with E-state index in [4.69, 9.17) is 13.7 Å². The zero-order valence-electron chi connectivity index (χ0n) is 6.16. The zero-order valence-corrected chi connectivity index (χ0v) is 8.32. The quantitative estimate of drug-likeness (QED) is 0.420. The molecule has 1 aromatic heterocycles. The smallest absolute Gasteiger partial charge is 0.133 e. The minimum atomic E-state index is 0.730. The van der Waals surface area contributed by atoms with Gasteiger partial charge in [-0.1, -0.05) is 17.6 Å². The second-order valence-corrected chi connectivity index (χ2v) is 3.53. The third-order valence-electron chi connectivity index (χ3n) is 1.69. The van der Waals surface area contributed by atoms with Gasteiger partial charge >= 0.3 is 0 Å². The van der Waals surface area contributed by atoms with Crippen LogP contribution in [-0.4, -0.2) is 17.7 Å². The largest absolute Gasteiger partial charge is 0.323 e. The molecule has 1 aromatic carbocycles. The van der Waals surface area contributed by atoms with Crippen molar-refractivity contribution in [3.63, 3.8) is 0 Å². The van der Waals surface area contributed by atoms with Gasteiger partial charge in [0.2, 0.25) is 0 Å². The summed E-state index contributed by atoms with van der Waals surface area (Å²) in [5, 5.41) is 5.06. The highest BCUT2D eigenvalue weighted by Gasteiger charge is 2.04. The van der Waals surface area contributed by atoms with Gasteiger partial charge in [-0.3, -0.25) is 0 Å². The van der Waals surface area contributed by atoms with Gasteiger partial charge in [0.05, 0.1) is 5.52 Å². The van der Waals surface area contributed by atoms with Gasteiger partial charge in [0.15, 0.2) is 0 Å². The Morgan fingerprint density at radius 2 is 2.25 bits per heavy atom. The SMILES string of the molecule is [B]c1ccc2c(c1)c(I)nn2N. The summed E-state index contributed by atoms with van der Waals surface area (Å²) in [6.45, 7) is 0. The van der Waals surface area contributed by atoms with E-state index in [0.717, 1.165) is 20.1 Å². The van der Waals surface area contributed by atoms with E-state index in [1.807, 2.05) is 18.2 Å². The van der Waals surface area contributed by atoms with Crippen LogP contribution in [0.4, 0.5) is 0 Å². The van der Waals surface area contributed by atoms with E-state index < -0.39 is 0 Å². The van der Waals surface area contributed by atoms with Crippen molar-refractivity contribution in [3.8, 4) is 0 Å². The highest BCUT2D eigenvalue weighted by molar-refractivity contribution is 14.1. The summed E-state index contributed by atoms with van der Waals surface area (Å²) in [6, 6.07) is 5.54. The van der Waals surface area contributed by atoms with E-state index >= 15 is 0 Å². The molecule has 0 atom stereocenters. The van der Waals surface area contributed by atoms with Crippen molar-refractivity contribution < 1.29 is 0 Å². The Bertz CT molecular complexity index is 437. The molecule has 1 heterocycles. The van der Waals surface area contributed by atoms with Gasteiger partial charge in [-0.25, -0.2) is 0 Å². The molecule has 3 nitrogen and oxygen atoms in total. The first-order valence-electron chi connectivity index (χ1n) is 3.37. The fraction of sp³-hybridized carbons (Fsp3) is 0. The van der Waals surface area contributed by atoms with Crippen molar-refractivity contribution in [3.05, 3.63) is 21.9 Å². The van der Waals surface area contributed by atoms with Crippen molar-refractivity contribution in [2.75, 3.05) is 5.84 Å². The highest BCUT2D eigenvalue weighted by atomic mass is 127. The molecule has 0 aliphatic rings. The Kier molecular flexibility index (Phi) is 1.75. The molecule has 2 N–H and O–H groups in total. The molecular formula is C7H5BIN3. The van der Waals surface area contributed by atoms with Crippen molar-refractivity contribution in [2.24, 2.45) is 0 Å². The number of hydrogen-bond acceptors (Lipinski definition) is 2. The number of nitrogens with zero attached hydrogens (tertiary/aromatic N) is 2. The van der Waals surface area contributed by atoms with Crippen LogP contribution in [0.3, 0.4) is 0 Å². The molecule has 0 bridgehead atoms. The van der Waals surface area contributed by atoms with Crippen LogP contribution < -0.4 is 11.3 Å². The van der Waals surface area contributed by atoms with Crippen LogP contribution in [0.25, 0.3) is 10.9 Å². The van der Waals surface area contributed by atoms with Gasteiger partial charge in [0.25, 0.3) is 0 Å². The van der Waals surface area contributed by atoms with Crippen LogP contribution in [0.15, 0.2) is 18.2 Å². The summed E-state index contributed by atoms with van der Waals surface area (Å²) in [4.78, 5) is 1.36. The second kappa shape index (κ2) is 2.65. The molecule has 2 radical (unpaired) electrons. The Morgan fingerprint density at radius 3 is 3.00 bits per heavy atom. The molecule has 0 spiro atoms. The zero-order chi connectivity index (χ0) is 8.72. The average molecular weight is 269 g/mol. The van der Waals surface area contributed by atoms with E-state index in [9.17, 15) is 0 Å². The van der Waals surface area contributed by atoms with Gasteiger partial charge in [-0.2, -0.15) is 4.79 Å². The Hall–Kier alpha value is -0.715. The molecule has 0 aliphatic carbocycles. The molecule has 2 rings (SSSR count). The van der Waals surface area contributed by atoms with E-state index in [1.54, 1.807) is 0 Å². The number of nitrogen functional groups attached to an aromatic ring is 1. The predicted octanol–water partition coefficient (Wildman–Crippen LogP) is 0.148. The number of halogens is 1. The summed E-state index contributed by atoms with van der Waals surface area (Å²) >= 11 is 2.13. The lowest BCUT2D eigenvalue weighted by atomic mass is 9.95. The fourth-order valence-corrected chi connectivity index (χ4v) is 1.79. The van der Waals surface area contributed by atoms with Crippen LogP contribution in [0, 0.1) is 3.70 Å². The lowest BCUT2D eigenvalue weighted by molar-refractivity contribution is 0.851. The molecule has 58 valence electrons. The summed E-state index contributed by atoms with van der Waals surface area (Å²) in [5.41, 5.74) is 1.63. The summed E-state index contributed by atoms with van der Waals surface area (Å²) in [7, 11) is 5.62. The summed E-state index contributed by atoms with van der Waals surface area (Å²) < 4.78 is 0.873. The number of rotatable bonds is 0. The van der Waals surface area contributed by atoms with Gasteiger partial charge < -0.3 is 5.84 Å². The summed E-state index contributed by atoms with van der Waals surface area (Å²) in [6.07, 6.45) is 0. The van der Waals surface area contributed by atoms with Gasteiger partial charge in [-0.15, -0.1) is 5.10 Å². The molecule has 5 heteroatoms. The third kappa shape index (κ3) is 1.08. The molecular weight excluding hydrogens is 264 g/mol. The second-order valence-electron chi connectivity index (χ2n) is 2.51. The van der Waals surface area contributed by atoms with Crippen LogP contribution in [0.1, 0.15) is 0 Å². The Morgan fingerprint density at radius 1 is 1.50 bits per heavy atom. The van der Waals surface area contributed by atoms with Crippen LogP contribution in [0.2, 0.25) is 0 Å². The topological polar surface area (TPSA) is 43.8 Å². The number of aromatic nitrogens is 2. The van der Waals surface area contributed by atoms with E-state index in [-0.39, 0.29) is 0 Å². The van der Waals surface area contributed by atoms with Gasteiger partial charge in [0, 0.05) is 5.39 Å². The van der Waals surface area contributed by atoms with Crippen molar-refractivity contribution in [1.29, 1.82) is 0 Å². The predicted molar refractivity (Wildman–Crippen MR) is 58.0 cm³/mol. The number of nitrogens with two attached hydrogens (primary N) is 1.